The SMILES string of the molecule is COc1ccc(CNC(=O)/C(C#N)=C/c2cc(Cl)c(OCc3ccc(Br)cc3)c(OC)c2)c(OC)c1. The molecule has 3 aromatic carbocycles. The summed E-state index contributed by atoms with van der Waals surface area (Å²) >= 11 is 9.86. The van der Waals surface area contributed by atoms with Crippen molar-refractivity contribution >= 4 is 39.5 Å². The molecule has 0 aliphatic carbocycles. The van der Waals surface area contributed by atoms with Crippen LogP contribution in [-0.2, 0) is 17.9 Å². The van der Waals surface area contributed by atoms with E-state index < -0.39 is 5.91 Å². The van der Waals surface area contributed by atoms with Gasteiger partial charge < -0.3 is 24.3 Å². The Labute approximate surface area is 223 Å². The minimum Gasteiger partial charge on any atom is -0.497 e. The highest BCUT2D eigenvalue weighted by atomic mass is 79.9. The Morgan fingerprint density at radius 3 is 2.39 bits per heavy atom. The number of benzene rings is 3. The number of rotatable bonds is 10. The molecule has 0 aliphatic rings. The highest BCUT2D eigenvalue weighted by molar-refractivity contribution is 9.10. The van der Waals surface area contributed by atoms with Crippen molar-refractivity contribution in [3.8, 4) is 29.1 Å². The minimum atomic E-state index is -0.541. The van der Waals surface area contributed by atoms with E-state index in [2.05, 4.69) is 21.2 Å². The first-order valence-electron chi connectivity index (χ1n) is 10.7. The molecular weight excluding hydrogens is 548 g/mol. The van der Waals surface area contributed by atoms with Gasteiger partial charge in [-0.15, -0.1) is 0 Å². The fourth-order valence-electron chi connectivity index (χ4n) is 3.28. The molecule has 1 N–H and O–H groups in total. The highest BCUT2D eigenvalue weighted by Crippen LogP contribution is 2.37. The number of hydrogen-bond donors (Lipinski definition) is 1. The highest BCUT2D eigenvalue weighted by Gasteiger charge is 2.15. The number of amides is 1. The zero-order valence-electron chi connectivity index (χ0n) is 19.9. The molecule has 0 atom stereocenters. The van der Waals surface area contributed by atoms with Crippen molar-refractivity contribution in [1.29, 1.82) is 5.26 Å². The predicted molar refractivity (Wildman–Crippen MR) is 141 cm³/mol. The van der Waals surface area contributed by atoms with E-state index in [1.165, 1.54) is 20.3 Å². The van der Waals surface area contributed by atoms with Gasteiger partial charge in [0.2, 0.25) is 0 Å². The Morgan fingerprint density at radius 1 is 1.03 bits per heavy atom. The molecule has 0 aliphatic heterocycles. The number of carbonyl (C=O) groups is 1. The van der Waals surface area contributed by atoms with Crippen LogP contribution in [0.25, 0.3) is 6.08 Å². The van der Waals surface area contributed by atoms with Crippen LogP contribution >= 0.6 is 27.5 Å². The number of nitrogens with zero attached hydrogens (tertiary/aromatic N) is 1. The van der Waals surface area contributed by atoms with Crippen molar-refractivity contribution in [3.63, 3.8) is 0 Å². The van der Waals surface area contributed by atoms with Gasteiger partial charge in [-0.1, -0.05) is 39.7 Å². The summed E-state index contributed by atoms with van der Waals surface area (Å²) in [6.07, 6.45) is 1.44. The molecule has 3 aromatic rings. The van der Waals surface area contributed by atoms with Crippen molar-refractivity contribution in [2.24, 2.45) is 0 Å². The number of halogens is 2. The fourth-order valence-corrected chi connectivity index (χ4v) is 3.82. The molecule has 0 unspecified atom stereocenters. The van der Waals surface area contributed by atoms with Crippen molar-refractivity contribution in [1.82, 2.24) is 5.32 Å². The van der Waals surface area contributed by atoms with Crippen LogP contribution in [0.1, 0.15) is 16.7 Å². The lowest BCUT2D eigenvalue weighted by Crippen LogP contribution is -2.24. The molecule has 1 amide bonds. The first kappa shape index (κ1) is 26.9. The number of hydrogen-bond acceptors (Lipinski definition) is 6. The Bertz CT molecular complexity index is 1300. The van der Waals surface area contributed by atoms with E-state index >= 15 is 0 Å². The van der Waals surface area contributed by atoms with Crippen molar-refractivity contribution in [3.05, 3.63) is 86.4 Å². The Balaban J connectivity index is 1.75. The number of ether oxygens (including phenoxy) is 4. The standard InChI is InChI=1S/C27H24BrClN2O5/c1-33-22-9-6-19(24(13-22)34-2)15-31-27(32)20(14-30)10-18-11-23(29)26(25(12-18)35-3)36-16-17-4-7-21(28)8-5-17/h4-13H,15-16H2,1-3H3,(H,31,32)/b20-10+. The summed E-state index contributed by atoms with van der Waals surface area (Å²) in [6.45, 7) is 0.456. The van der Waals surface area contributed by atoms with Crippen molar-refractivity contribution in [2.45, 2.75) is 13.2 Å². The summed E-state index contributed by atoms with van der Waals surface area (Å²) in [6, 6.07) is 18.2. The minimum absolute atomic E-state index is 0.0934. The largest absolute Gasteiger partial charge is 0.497 e. The molecule has 36 heavy (non-hydrogen) atoms. The van der Waals surface area contributed by atoms with Crippen LogP contribution in [0, 0.1) is 11.3 Å². The molecule has 9 heteroatoms. The van der Waals surface area contributed by atoms with Crippen LogP contribution in [0.2, 0.25) is 5.02 Å². The smallest absolute Gasteiger partial charge is 0.262 e. The summed E-state index contributed by atoms with van der Waals surface area (Å²) in [5, 5.41) is 12.6. The first-order valence-corrected chi connectivity index (χ1v) is 11.9. The number of nitrogens with one attached hydrogen (secondary N) is 1. The van der Waals surface area contributed by atoms with E-state index in [1.807, 2.05) is 30.3 Å². The predicted octanol–water partition coefficient (Wildman–Crippen LogP) is 5.93. The second-order valence-corrected chi connectivity index (χ2v) is 8.80. The number of carbonyl (C=O) groups excluding carboxylic acids is 1. The summed E-state index contributed by atoms with van der Waals surface area (Å²) in [7, 11) is 4.58. The molecule has 0 saturated carbocycles. The topological polar surface area (TPSA) is 89.8 Å². The van der Waals surface area contributed by atoms with Gasteiger partial charge in [0.05, 0.1) is 26.4 Å². The maximum atomic E-state index is 12.7. The van der Waals surface area contributed by atoms with Crippen LogP contribution in [0.4, 0.5) is 0 Å². The van der Waals surface area contributed by atoms with E-state index in [9.17, 15) is 10.1 Å². The second kappa shape index (κ2) is 12.9. The third-order valence-corrected chi connectivity index (χ3v) is 5.97. The van der Waals surface area contributed by atoms with Gasteiger partial charge in [0.15, 0.2) is 11.5 Å². The van der Waals surface area contributed by atoms with E-state index in [0.29, 0.717) is 40.2 Å². The monoisotopic (exact) mass is 570 g/mol. The molecule has 0 radical (unpaired) electrons. The van der Waals surface area contributed by atoms with E-state index in [-0.39, 0.29) is 12.1 Å². The van der Waals surface area contributed by atoms with Crippen LogP contribution in [-0.4, -0.2) is 27.2 Å². The third-order valence-electron chi connectivity index (χ3n) is 5.16. The molecule has 0 heterocycles. The summed E-state index contributed by atoms with van der Waals surface area (Å²) in [5.74, 6) is 1.41. The molecule has 3 rings (SSSR count). The molecule has 186 valence electrons. The lowest BCUT2D eigenvalue weighted by Gasteiger charge is -2.14. The van der Waals surface area contributed by atoms with Crippen LogP contribution in [0.15, 0.2) is 64.6 Å². The van der Waals surface area contributed by atoms with Crippen molar-refractivity contribution in [2.75, 3.05) is 21.3 Å². The third kappa shape index (κ3) is 6.94. The van der Waals surface area contributed by atoms with E-state index in [0.717, 1.165) is 15.6 Å². The zero-order chi connectivity index (χ0) is 26.1. The fraction of sp³-hybridized carbons (Fsp3) is 0.185. The maximum Gasteiger partial charge on any atom is 0.262 e. The van der Waals surface area contributed by atoms with Gasteiger partial charge >= 0.3 is 0 Å². The van der Waals surface area contributed by atoms with Crippen LogP contribution in [0.5, 0.6) is 23.0 Å². The van der Waals surface area contributed by atoms with Gasteiger partial charge in [-0.2, -0.15) is 5.26 Å². The van der Waals surface area contributed by atoms with Gasteiger partial charge in [0.1, 0.15) is 29.7 Å². The maximum absolute atomic E-state index is 12.7. The normalized spacial score (nSPS) is 10.8. The van der Waals surface area contributed by atoms with E-state index in [4.69, 9.17) is 30.5 Å². The lowest BCUT2D eigenvalue weighted by molar-refractivity contribution is -0.117. The Hall–Kier alpha value is -3.67. The molecule has 0 spiro atoms. The second-order valence-electron chi connectivity index (χ2n) is 7.48. The Kier molecular flexibility index (Phi) is 9.62. The van der Waals surface area contributed by atoms with Crippen molar-refractivity contribution < 1.29 is 23.7 Å². The molecule has 0 aromatic heterocycles. The van der Waals surface area contributed by atoms with Gasteiger partial charge in [0, 0.05) is 22.6 Å². The average molecular weight is 572 g/mol. The van der Waals surface area contributed by atoms with Gasteiger partial charge in [0.25, 0.3) is 5.91 Å². The lowest BCUT2D eigenvalue weighted by atomic mass is 10.1. The molecule has 0 bridgehead atoms. The van der Waals surface area contributed by atoms with Crippen LogP contribution in [0.3, 0.4) is 0 Å². The van der Waals surface area contributed by atoms with Gasteiger partial charge in [-0.3, -0.25) is 4.79 Å². The molecule has 7 nitrogen and oxygen atoms in total. The van der Waals surface area contributed by atoms with Gasteiger partial charge in [-0.05, 0) is 53.6 Å². The molecule has 0 fully saturated rings. The first-order chi connectivity index (χ1) is 17.4. The van der Waals surface area contributed by atoms with Gasteiger partial charge in [-0.25, -0.2) is 0 Å². The average Bonchev–Trinajstić information content (AvgIpc) is 2.90. The summed E-state index contributed by atoms with van der Waals surface area (Å²) < 4.78 is 22.8. The van der Waals surface area contributed by atoms with E-state index in [1.54, 1.807) is 37.4 Å². The summed E-state index contributed by atoms with van der Waals surface area (Å²) in [5.41, 5.74) is 2.11. The molecule has 0 saturated heterocycles. The zero-order valence-corrected chi connectivity index (χ0v) is 22.3. The Morgan fingerprint density at radius 2 is 1.75 bits per heavy atom. The quantitative estimate of drug-likeness (QED) is 0.240. The van der Waals surface area contributed by atoms with Crippen LogP contribution < -0.4 is 24.3 Å². The summed E-state index contributed by atoms with van der Waals surface area (Å²) in [4.78, 5) is 12.7. The number of nitriles is 1. The molecular formula is C27H24BrClN2O5. The number of methoxy groups -OCH3 is 3.